The number of hydrogen-bond acceptors (Lipinski definition) is 5. The van der Waals surface area contributed by atoms with E-state index >= 15 is 0 Å². The van der Waals surface area contributed by atoms with Gasteiger partial charge in [0.1, 0.15) is 5.56 Å². The van der Waals surface area contributed by atoms with Gasteiger partial charge >= 0.3 is 5.97 Å². The minimum absolute atomic E-state index is 0.00395. The summed E-state index contributed by atoms with van der Waals surface area (Å²) >= 11 is 1.16. The highest BCUT2D eigenvalue weighted by molar-refractivity contribution is 7.99. The second-order valence-electron chi connectivity index (χ2n) is 3.48. The van der Waals surface area contributed by atoms with Gasteiger partial charge in [-0.3, -0.25) is 19.7 Å². The van der Waals surface area contributed by atoms with Crippen LogP contribution in [0.4, 0.5) is 5.69 Å². The van der Waals surface area contributed by atoms with E-state index in [1.165, 1.54) is 18.2 Å². The highest BCUT2D eigenvalue weighted by atomic mass is 32.2. The summed E-state index contributed by atoms with van der Waals surface area (Å²) in [5, 5.41) is 21.7. The zero-order valence-electron chi connectivity index (χ0n) is 9.87. The molecule has 1 aromatic carbocycles. The third kappa shape index (κ3) is 4.96. The number of nitrogens with zero attached hydrogens (tertiary/aromatic N) is 1. The van der Waals surface area contributed by atoms with Gasteiger partial charge in [-0.25, -0.2) is 0 Å². The van der Waals surface area contributed by atoms with Crippen molar-refractivity contribution in [3.05, 3.63) is 39.9 Å². The number of nitro benzene ring substituents is 1. The molecule has 0 spiro atoms. The first-order chi connectivity index (χ1) is 9.02. The SMILES string of the molecule is O=C(O)CSCCNC(=O)c1ccccc1[N+](=O)[O-]. The fourth-order valence-electron chi connectivity index (χ4n) is 1.32. The smallest absolute Gasteiger partial charge is 0.313 e. The van der Waals surface area contributed by atoms with E-state index in [0.29, 0.717) is 5.75 Å². The number of nitro groups is 1. The van der Waals surface area contributed by atoms with Gasteiger partial charge in [0, 0.05) is 18.4 Å². The van der Waals surface area contributed by atoms with E-state index in [1.54, 1.807) is 6.07 Å². The van der Waals surface area contributed by atoms with E-state index in [9.17, 15) is 19.7 Å². The molecule has 0 saturated heterocycles. The average Bonchev–Trinajstić information content (AvgIpc) is 2.37. The van der Waals surface area contributed by atoms with Crippen molar-refractivity contribution in [3.8, 4) is 0 Å². The van der Waals surface area contributed by atoms with Gasteiger partial charge in [0.05, 0.1) is 10.7 Å². The number of carbonyl (C=O) groups excluding carboxylic acids is 1. The van der Waals surface area contributed by atoms with Gasteiger partial charge in [0.2, 0.25) is 0 Å². The molecule has 19 heavy (non-hydrogen) atoms. The molecule has 0 aliphatic rings. The lowest BCUT2D eigenvalue weighted by Gasteiger charge is -2.05. The van der Waals surface area contributed by atoms with Crippen LogP contribution in [-0.4, -0.2) is 40.0 Å². The molecule has 0 saturated carbocycles. The molecule has 0 aromatic heterocycles. The van der Waals surface area contributed by atoms with Crippen molar-refractivity contribution in [2.45, 2.75) is 0 Å². The minimum Gasteiger partial charge on any atom is -0.481 e. The Bertz CT molecular complexity index is 492. The average molecular weight is 284 g/mol. The second kappa shape index (κ2) is 7.37. The van der Waals surface area contributed by atoms with Crippen molar-refractivity contribution in [2.24, 2.45) is 0 Å². The summed E-state index contributed by atoms with van der Waals surface area (Å²) in [7, 11) is 0. The van der Waals surface area contributed by atoms with E-state index < -0.39 is 16.8 Å². The Morgan fingerprint density at radius 2 is 2.05 bits per heavy atom. The van der Waals surface area contributed by atoms with E-state index in [4.69, 9.17) is 5.11 Å². The molecule has 102 valence electrons. The number of rotatable bonds is 7. The van der Waals surface area contributed by atoms with Gasteiger partial charge in [-0.2, -0.15) is 0 Å². The molecule has 0 unspecified atom stereocenters. The number of carboxylic acid groups (broad SMARTS) is 1. The Labute approximate surface area is 113 Å². The van der Waals surface area contributed by atoms with Gasteiger partial charge in [-0.05, 0) is 6.07 Å². The van der Waals surface area contributed by atoms with Gasteiger partial charge < -0.3 is 10.4 Å². The number of amides is 1. The van der Waals surface area contributed by atoms with Crippen molar-refractivity contribution in [1.82, 2.24) is 5.32 Å². The Morgan fingerprint density at radius 1 is 1.37 bits per heavy atom. The van der Waals surface area contributed by atoms with Crippen LogP contribution in [0.3, 0.4) is 0 Å². The highest BCUT2D eigenvalue weighted by Gasteiger charge is 2.18. The zero-order chi connectivity index (χ0) is 14.3. The van der Waals surface area contributed by atoms with E-state index in [1.807, 2.05) is 0 Å². The quantitative estimate of drug-likeness (QED) is 0.441. The standard InChI is InChI=1S/C11H12N2O5S/c14-10(15)7-19-6-5-12-11(16)8-3-1-2-4-9(8)13(17)18/h1-4H,5-7H2,(H,12,16)(H,14,15). The number of carboxylic acids is 1. The molecule has 2 N–H and O–H groups in total. The van der Waals surface area contributed by atoms with Crippen molar-refractivity contribution >= 4 is 29.3 Å². The van der Waals surface area contributed by atoms with Gasteiger partial charge in [-0.15, -0.1) is 11.8 Å². The maximum absolute atomic E-state index is 11.7. The lowest BCUT2D eigenvalue weighted by atomic mass is 10.1. The van der Waals surface area contributed by atoms with Crippen LogP contribution < -0.4 is 5.32 Å². The Hall–Kier alpha value is -2.09. The number of carbonyl (C=O) groups is 2. The Morgan fingerprint density at radius 3 is 2.68 bits per heavy atom. The molecule has 1 aromatic rings. The molecular formula is C11H12N2O5S. The normalized spacial score (nSPS) is 9.89. The Balaban J connectivity index is 2.50. The summed E-state index contributed by atoms with van der Waals surface area (Å²) in [6, 6.07) is 5.66. The zero-order valence-corrected chi connectivity index (χ0v) is 10.7. The predicted octanol–water partition coefficient (Wildman–Crippen LogP) is 1.14. The van der Waals surface area contributed by atoms with Crippen LogP contribution in [0, 0.1) is 10.1 Å². The molecule has 0 heterocycles. The number of hydrogen-bond donors (Lipinski definition) is 2. The van der Waals surface area contributed by atoms with Crippen LogP contribution in [0.1, 0.15) is 10.4 Å². The molecule has 1 amide bonds. The number of nitrogens with one attached hydrogen (secondary N) is 1. The lowest BCUT2D eigenvalue weighted by Crippen LogP contribution is -2.26. The first-order valence-electron chi connectivity index (χ1n) is 5.33. The maximum atomic E-state index is 11.7. The van der Waals surface area contributed by atoms with Crippen molar-refractivity contribution in [1.29, 1.82) is 0 Å². The van der Waals surface area contributed by atoms with Crippen molar-refractivity contribution in [3.63, 3.8) is 0 Å². The van der Waals surface area contributed by atoms with Crippen LogP contribution in [0.5, 0.6) is 0 Å². The summed E-state index contributed by atoms with van der Waals surface area (Å²) in [5.74, 6) is -1.07. The molecule has 0 atom stereocenters. The van der Waals surface area contributed by atoms with Gasteiger partial charge in [0.25, 0.3) is 11.6 Å². The molecule has 0 bridgehead atoms. The third-order valence-electron chi connectivity index (χ3n) is 2.10. The third-order valence-corrected chi connectivity index (χ3v) is 3.05. The summed E-state index contributed by atoms with van der Waals surface area (Å²) in [4.78, 5) is 32.1. The molecule has 0 aliphatic carbocycles. The number of aliphatic carboxylic acids is 1. The number of thioether (sulfide) groups is 1. The molecule has 1 rings (SSSR count). The van der Waals surface area contributed by atoms with Crippen LogP contribution in [0.25, 0.3) is 0 Å². The highest BCUT2D eigenvalue weighted by Crippen LogP contribution is 2.17. The van der Waals surface area contributed by atoms with Crippen LogP contribution in [0.15, 0.2) is 24.3 Å². The number of para-hydroxylation sites is 1. The molecular weight excluding hydrogens is 272 g/mol. The Kier molecular flexibility index (Phi) is 5.80. The first kappa shape index (κ1) is 15.0. The molecule has 0 radical (unpaired) electrons. The summed E-state index contributed by atoms with van der Waals surface area (Å²) in [6.45, 7) is 0.253. The monoisotopic (exact) mass is 284 g/mol. The molecule has 0 aliphatic heterocycles. The molecule has 0 fully saturated rings. The topological polar surface area (TPSA) is 110 Å². The van der Waals surface area contributed by atoms with Gasteiger partial charge in [0.15, 0.2) is 0 Å². The van der Waals surface area contributed by atoms with Gasteiger partial charge in [-0.1, -0.05) is 12.1 Å². The van der Waals surface area contributed by atoms with Crippen LogP contribution in [-0.2, 0) is 4.79 Å². The largest absolute Gasteiger partial charge is 0.481 e. The van der Waals surface area contributed by atoms with E-state index in [-0.39, 0.29) is 23.5 Å². The van der Waals surface area contributed by atoms with E-state index in [2.05, 4.69) is 5.32 Å². The maximum Gasteiger partial charge on any atom is 0.313 e. The van der Waals surface area contributed by atoms with Crippen LogP contribution in [0.2, 0.25) is 0 Å². The lowest BCUT2D eigenvalue weighted by molar-refractivity contribution is -0.385. The summed E-state index contributed by atoms with van der Waals surface area (Å²) in [6.07, 6.45) is 0. The van der Waals surface area contributed by atoms with Crippen molar-refractivity contribution < 1.29 is 19.6 Å². The fourth-order valence-corrected chi connectivity index (χ4v) is 1.88. The summed E-state index contributed by atoms with van der Waals surface area (Å²) in [5.41, 5.74) is -0.256. The fraction of sp³-hybridized carbons (Fsp3) is 0.273. The minimum atomic E-state index is -0.921. The second-order valence-corrected chi connectivity index (χ2v) is 4.58. The number of benzene rings is 1. The molecule has 7 nitrogen and oxygen atoms in total. The van der Waals surface area contributed by atoms with E-state index in [0.717, 1.165) is 11.8 Å². The van der Waals surface area contributed by atoms with Crippen molar-refractivity contribution in [2.75, 3.05) is 18.1 Å². The predicted molar refractivity (Wildman–Crippen MR) is 70.4 cm³/mol. The first-order valence-corrected chi connectivity index (χ1v) is 6.49. The summed E-state index contributed by atoms with van der Waals surface area (Å²) < 4.78 is 0. The van der Waals surface area contributed by atoms with Crippen LogP contribution >= 0.6 is 11.8 Å². The molecule has 8 heteroatoms.